The highest BCUT2D eigenvalue weighted by Gasteiger charge is 2.08. The molecule has 0 amide bonds. The molecule has 0 saturated carbocycles. The first-order valence-electron chi connectivity index (χ1n) is 7.16. The molecular formula is C14H19N3O2S3. The number of carbonyl (C=O) groups is 1. The van der Waals surface area contributed by atoms with E-state index in [1.54, 1.807) is 11.3 Å². The predicted octanol–water partition coefficient (Wildman–Crippen LogP) is 3.69. The number of nitrogens with one attached hydrogen (secondary N) is 1. The number of ether oxygens (including phenoxy) is 1. The summed E-state index contributed by atoms with van der Waals surface area (Å²) < 4.78 is 5.88. The van der Waals surface area contributed by atoms with Gasteiger partial charge in [0, 0.05) is 11.4 Å². The Balaban J connectivity index is 1.64. The quantitative estimate of drug-likeness (QED) is 0.397. The molecule has 2 heterocycles. The van der Waals surface area contributed by atoms with E-state index < -0.39 is 0 Å². The summed E-state index contributed by atoms with van der Waals surface area (Å²) in [5, 5.41) is 14.3. The molecular weight excluding hydrogens is 338 g/mol. The maximum Gasteiger partial charge on any atom is 0.316 e. The number of anilines is 1. The van der Waals surface area contributed by atoms with Gasteiger partial charge in [0.15, 0.2) is 4.34 Å². The number of hydrogen-bond acceptors (Lipinski definition) is 8. The fourth-order valence-corrected chi connectivity index (χ4v) is 3.86. The molecule has 0 radical (unpaired) electrons. The van der Waals surface area contributed by atoms with Gasteiger partial charge in [0.1, 0.15) is 0 Å². The smallest absolute Gasteiger partial charge is 0.316 e. The number of unbranched alkanes of at least 4 members (excludes halogenated alkanes) is 1. The number of carbonyl (C=O) groups excluding carboxylic acids is 1. The second-order valence-corrected chi connectivity index (χ2v) is 7.72. The van der Waals surface area contributed by atoms with Crippen molar-refractivity contribution in [1.82, 2.24) is 10.2 Å². The molecule has 2 rings (SSSR count). The zero-order valence-corrected chi connectivity index (χ0v) is 14.9. The molecule has 8 heteroatoms. The number of esters is 1. The highest BCUT2D eigenvalue weighted by molar-refractivity contribution is 8.01. The van der Waals surface area contributed by atoms with E-state index in [4.69, 9.17) is 4.74 Å². The van der Waals surface area contributed by atoms with Gasteiger partial charge in [0.05, 0.1) is 12.4 Å². The Bertz CT molecular complexity index is 557. The number of nitrogens with zero attached hydrogens (tertiary/aromatic N) is 2. The lowest BCUT2D eigenvalue weighted by Crippen LogP contribution is -2.08. The molecule has 22 heavy (non-hydrogen) atoms. The number of thioether (sulfide) groups is 1. The van der Waals surface area contributed by atoms with Crippen molar-refractivity contribution < 1.29 is 9.53 Å². The van der Waals surface area contributed by atoms with Crippen LogP contribution in [0.3, 0.4) is 0 Å². The average molecular weight is 358 g/mol. The van der Waals surface area contributed by atoms with Gasteiger partial charge in [0.25, 0.3) is 0 Å². The van der Waals surface area contributed by atoms with Gasteiger partial charge in [-0.25, -0.2) is 0 Å². The van der Waals surface area contributed by atoms with Crippen molar-refractivity contribution in [2.24, 2.45) is 0 Å². The van der Waals surface area contributed by atoms with E-state index in [0.717, 1.165) is 35.3 Å². The van der Waals surface area contributed by atoms with Crippen molar-refractivity contribution in [3.63, 3.8) is 0 Å². The maximum absolute atomic E-state index is 11.5. The summed E-state index contributed by atoms with van der Waals surface area (Å²) in [6.45, 7) is 3.40. The van der Waals surface area contributed by atoms with Crippen molar-refractivity contribution in [3.05, 3.63) is 22.4 Å². The van der Waals surface area contributed by atoms with Gasteiger partial charge in [-0.2, -0.15) is 0 Å². The van der Waals surface area contributed by atoms with Gasteiger partial charge in [0.2, 0.25) is 5.13 Å². The lowest BCUT2D eigenvalue weighted by Gasteiger charge is -2.01. The maximum atomic E-state index is 11.5. The molecule has 0 bridgehead atoms. The van der Waals surface area contributed by atoms with Gasteiger partial charge in [-0.1, -0.05) is 42.5 Å². The Kier molecular flexibility index (Phi) is 7.68. The Morgan fingerprint density at radius 2 is 2.36 bits per heavy atom. The number of rotatable bonds is 10. The van der Waals surface area contributed by atoms with Crippen LogP contribution in [0.1, 0.15) is 24.6 Å². The van der Waals surface area contributed by atoms with Gasteiger partial charge < -0.3 is 10.1 Å². The highest BCUT2D eigenvalue weighted by Crippen LogP contribution is 2.25. The third-order valence-corrected chi connectivity index (χ3v) is 5.63. The van der Waals surface area contributed by atoms with Crippen LogP contribution in [0.25, 0.3) is 0 Å². The summed E-state index contributed by atoms with van der Waals surface area (Å²) in [6, 6.07) is 4.18. The standard InChI is InChI=1S/C14H19N3O2S3/c1-2-3-8-19-12(18)10-21-14-17-16-13(22-14)15-7-6-11-5-4-9-20-11/h4-5,9H,2-3,6-8,10H2,1H3,(H,15,16). The summed E-state index contributed by atoms with van der Waals surface area (Å²) in [7, 11) is 0. The van der Waals surface area contributed by atoms with Crippen LogP contribution in [0, 0.1) is 0 Å². The first-order chi connectivity index (χ1) is 10.8. The molecule has 0 unspecified atom stereocenters. The predicted molar refractivity (Wildman–Crippen MR) is 93.0 cm³/mol. The Morgan fingerprint density at radius 3 is 3.14 bits per heavy atom. The summed E-state index contributed by atoms with van der Waals surface area (Å²) in [5.74, 6) is 0.0916. The van der Waals surface area contributed by atoms with Crippen LogP contribution in [-0.4, -0.2) is 35.1 Å². The molecule has 1 N–H and O–H groups in total. The van der Waals surface area contributed by atoms with E-state index in [1.165, 1.54) is 28.0 Å². The van der Waals surface area contributed by atoms with Crippen molar-refractivity contribution in [1.29, 1.82) is 0 Å². The fraction of sp³-hybridized carbons (Fsp3) is 0.500. The van der Waals surface area contributed by atoms with Crippen LogP contribution >= 0.6 is 34.4 Å². The molecule has 0 aliphatic carbocycles. The van der Waals surface area contributed by atoms with Crippen molar-refractivity contribution >= 4 is 45.5 Å². The van der Waals surface area contributed by atoms with Crippen molar-refractivity contribution in [2.45, 2.75) is 30.5 Å². The Hall–Kier alpha value is -1.12. The number of hydrogen-bond donors (Lipinski definition) is 1. The van der Waals surface area contributed by atoms with Crippen LogP contribution in [0.5, 0.6) is 0 Å². The zero-order valence-electron chi connectivity index (χ0n) is 12.4. The van der Waals surface area contributed by atoms with E-state index in [2.05, 4.69) is 40.0 Å². The Labute approximate surface area is 142 Å². The highest BCUT2D eigenvalue weighted by atomic mass is 32.2. The van der Waals surface area contributed by atoms with Crippen LogP contribution < -0.4 is 5.32 Å². The lowest BCUT2D eigenvalue weighted by molar-refractivity contribution is -0.140. The third-order valence-electron chi connectivity index (χ3n) is 2.71. The summed E-state index contributed by atoms with van der Waals surface area (Å²) >= 11 is 4.59. The molecule has 0 aromatic carbocycles. The lowest BCUT2D eigenvalue weighted by atomic mass is 10.3. The van der Waals surface area contributed by atoms with Gasteiger partial charge in [-0.15, -0.1) is 21.5 Å². The normalized spacial score (nSPS) is 10.6. The number of aromatic nitrogens is 2. The molecule has 120 valence electrons. The molecule has 5 nitrogen and oxygen atoms in total. The van der Waals surface area contributed by atoms with Gasteiger partial charge >= 0.3 is 5.97 Å². The molecule has 2 aromatic rings. The van der Waals surface area contributed by atoms with Crippen LogP contribution in [-0.2, 0) is 16.0 Å². The minimum Gasteiger partial charge on any atom is -0.465 e. The van der Waals surface area contributed by atoms with E-state index in [-0.39, 0.29) is 11.7 Å². The summed E-state index contributed by atoms with van der Waals surface area (Å²) in [6.07, 6.45) is 2.91. The van der Waals surface area contributed by atoms with E-state index in [0.29, 0.717) is 6.61 Å². The SMILES string of the molecule is CCCCOC(=O)CSc1nnc(NCCc2cccs2)s1. The second kappa shape index (κ2) is 9.81. The minimum absolute atomic E-state index is 0.194. The first-order valence-corrected chi connectivity index (χ1v) is 9.84. The van der Waals surface area contributed by atoms with Gasteiger partial charge in [-0.05, 0) is 24.3 Å². The Morgan fingerprint density at radius 1 is 1.45 bits per heavy atom. The first kappa shape index (κ1) is 17.2. The van der Waals surface area contributed by atoms with Crippen molar-refractivity contribution in [3.8, 4) is 0 Å². The molecule has 0 fully saturated rings. The molecule has 0 aliphatic rings. The largest absolute Gasteiger partial charge is 0.465 e. The van der Waals surface area contributed by atoms with Crippen molar-refractivity contribution in [2.75, 3.05) is 24.2 Å². The topological polar surface area (TPSA) is 64.1 Å². The van der Waals surface area contributed by atoms with Crippen LogP contribution in [0.15, 0.2) is 21.9 Å². The third kappa shape index (κ3) is 6.33. The number of thiophene rings is 1. The molecule has 0 saturated heterocycles. The summed E-state index contributed by atoms with van der Waals surface area (Å²) in [4.78, 5) is 12.8. The molecule has 0 spiro atoms. The van der Waals surface area contributed by atoms with Crippen LogP contribution in [0.2, 0.25) is 0 Å². The molecule has 2 aromatic heterocycles. The van der Waals surface area contributed by atoms with Crippen LogP contribution in [0.4, 0.5) is 5.13 Å². The molecule has 0 atom stereocenters. The average Bonchev–Trinajstić information content (AvgIpc) is 3.17. The van der Waals surface area contributed by atoms with E-state index >= 15 is 0 Å². The van der Waals surface area contributed by atoms with E-state index in [1.807, 2.05) is 0 Å². The van der Waals surface area contributed by atoms with Gasteiger partial charge in [-0.3, -0.25) is 4.79 Å². The zero-order chi connectivity index (χ0) is 15.6. The van der Waals surface area contributed by atoms with E-state index in [9.17, 15) is 4.79 Å². The second-order valence-electron chi connectivity index (χ2n) is 4.49. The monoisotopic (exact) mass is 357 g/mol. The molecule has 0 aliphatic heterocycles. The fourth-order valence-electron chi connectivity index (χ4n) is 1.58. The summed E-state index contributed by atoms with van der Waals surface area (Å²) in [5.41, 5.74) is 0. The minimum atomic E-state index is -0.194.